The highest BCUT2D eigenvalue weighted by Gasteiger charge is 2.26. The molecule has 1 N–H and O–H groups in total. The van der Waals surface area contributed by atoms with Crippen molar-refractivity contribution in [1.82, 2.24) is 15.2 Å². The lowest BCUT2D eigenvalue weighted by Gasteiger charge is -2.37. The molecular formula is C24H36N4O2. The van der Waals surface area contributed by atoms with Crippen molar-refractivity contribution in [2.45, 2.75) is 57.9 Å². The van der Waals surface area contributed by atoms with Gasteiger partial charge in [-0.15, -0.1) is 0 Å². The first-order valence-corrected chi connectivity index (χ1v) is 11.7. The fourth-order valence-electron chi connectivity index (χ4n) is 5.03. The van der Waals surface area contributed by atoms with E-state index in [0.29, 0.717) is 12.5 Å². The number of pyridine rings is 1. The maximum Gasteiger partial charge on any atom is 0.224 e. The number of fused-ring (bicyclic) bond motifs is 1. The Kier molecular flexibility index (Phi) is 7.26. The van der Waals surface area contributed by atoms with Gasteiger partial charge in [-0.3, -0.25) is 9.69 Å². The molecule has 0 bridgehead atoms. The van der Waals surface area contributed by atoms with Gasteiger partial charge in [0.05, 0.1) is 6.61 Å². The van der Waals surface area contributed by atoms with Crippen molar-refractivity contribution in [2.75, 3.05) is 44.2 Å². The van der Waals surface area contributed by atoms with Crippen molar-refractivity contribution in [3.05, 3.63) is 30.0 Å². The van der Waals surface area contributed by atoms with Crippen LogP contribution in [0, 0.1) is 5.92 Å². The predicted molar refractivity (Wildman–Crippen MR) is 120 cm³/mol. The number of hydrogen-bond donors (Lipinski definition) is 1. The van der Waals surface area contributed by atoms with E-state index in [1.165, 1.54) is 31.4 Å². The maximum absolute atomic E-state index is 11.9. The lowest BCUT2D eigenvalue weighted by molar-refractivity contribution is -0.121. The number of piperazine rings is 1. The minimum Gasteiger partial charge on any atom is -0.493 e. The molecule has 0 unspecified atom stereocenters. The molecule has 6 nitrogen and oxygen atoms in total. The number of amides is 1. The molecule has 1 aromatic rings. The Hall–Kier alpha value is -2.08. The third-order valence-corrected chi connectivity index (χ3v) is 6.88. The van der Waals surface area contributed by atoms with Crippen LogP contribution < -0.4 is 15.0 Å². The lowest BCUT2D eigenvalue weighted by atomic mass is 9.84. The zero-order valence-corrected chi connectivity index (χ0v) is 18.3. The van der Waals surface area contributed by atoms with Gasteiger partial charge in [-0.1, -0.05) is 12.2 Å². The maximum atomic E-state index is 11.9. The molecular weight excluding hydrogens is 376 g/mol. The fraction of sp³-hybridized carbons (Fsp3) is 0.667. The average Bonchev–Trinajstić information content (AvgIpc) is 3.27. The predicted octanol–water partition coefficient (Wildman–Crippen LogP) is 3.17. The highest BCUT2D eigenvalue weighted by molar-refractivity contribution is 5.77. The molecule has 30 heavy (non-hydrogen) atoms. The van der Waals surface area contributed by atoms with Gasteiger partial charge in [0.1, 0.15) is 11.6 Å². The van der Waals surface area contributed by atoms with E-state index in [1.807, 2.05) is 31.3 Å². The van der Waals surface area contributed by atoms with Gasteiger partial charge in [0, 0.05) is 56.8 Å². The highest BCUT2D eigenvalue weighted by Crippen LogP contribution is 2.32. The van der Waals surface area contributed by atoms with Crippen molar-refractivity contribution in [3.8, 4) is 5.75 Å². The lowest BCUT2D eigenvalue weighted by Crippen LogP contribution is -2.47. The quantitative estimate of drug-likeness (QED) is 0.697. The Labute approximate surface area is 180 Å². The topological polar surface area (TPSA) is 57.7 Å². The summed E-state index contributed by atoms with van der Waals surface area (Å²) in [5.41, 5.74) is 1.29. The Morgan fingerprint density at radius 1 is 1.23 bits per heavy atom. The van der Waals surface area contributed by atoms with Crippen molar-refractivity contribution in [2.24, 2.45) is 5.92 Å². The van der Waals surface area contributed by atoms with Crippen LogP contribution in [0.1, 0.15) is 51.0 Å². The molecule has 0 aromatic carbocycles. The largest absolute Gasteiger partial charge is 0.493 e. The summed E-state index contributed by atoms with van der Waals surface area (Å²) in [5.74, 6) is 3.14. The molecule has 1 amide bonds. The molecule has 3 heterocycles. The summed E-state index contributed by atoms with van der Waals surface area (Å²) >= 11 is 0. The minimum atomic E-state index is 0.166. The minimum absolute atomic E-state index is 0.166. The molecule has 1 aromatic heterocycles. The smallest absolute Gasteiger partial charge is 0.224 e. The third kappa shape index (κ3) is 5.34. The monoisotopic (exact) mass is 412 g/mol. The first kappa shape index (κ1) is 21.2. The van der Waals surface area contributed by atoms with Crippen LogP contribution in [0.4, 0.5) is 5.82 Å². The second-order valence-electron chi connectivity index (χ2n) is 8.89. The van der Waals surface area contributed by atoms with Crippen LogP contribution >= 0.6 is 0 Å². The number of ether oxygens (including phenoxy) is 1. The summed E-state index contributed by atoms with van der Waals surface area (Å²) in [5, 5.41) is 3.20. The summed E-state index contributed by atoms with van der Waals surface area (Å²) in [6.45, 7) is 8.27. The molecule has 1 aliphatic carbocycles. The summed E-state index contributed by atoms with van der Waals surface area (Å²) < 4.78 is 5.70. The summed E-state index contributed by atoms with van der Waals surface area (Å²) in [6.07, 6.45) is 13.3. The van der Waals surface area contributed by atoms with Gasteiger partial charge < -0.3 is 15.0 Å². The second kappa shape index (κ2) is 10.3. The number of aromatic nitrogens is 1. The first-order chi connectivity index (χ1) is 14.7. The Bertz CT molecular complexity index is 735. The Morgan fingerprint density at radius 2 is 2.03 bits per heavy atom. The van der Waals surface area contributed by atoms with E-state index in [-0.39, 0.29) is 5.91 Å². The average molecular weight is 413 g/mol. The van der Waals surface area contributed by atoms with Gasteiger partial charge in [-0.05, 0) is 57.6 Å². The van der Waals surface area contributed by atoms with E-state index in [1.54, 1.807) is 0 Å². The van der Waals surface area contributed by atoms with E-state index in [2.05, 4.69) is 20.1 Å². The van der Waals surface area contributed by atoms with Gasteiger partial charge in [0.15, 0.2) is 0 Å². The highest BCUT2D eigenvalue weighted by atomic mass is 16.5. The first-order valence-electron chi connectivity index (χ1n) is 11.7. The number of rotatable bonds is 7. The molecule has 164 valence electrons. The van der Waals surface area contributed by atoms with E-state index in [4.69, 9.17) is 4.74 Å². The third-order valence-electron chi connectivity index (χ3n) is 6.88. The van der Waals surface area contributed by atoms with E-state index < -0.39 is 0 Å². The second-order valence-corrected chi connectivity index (χ2v) is 8.89. The number of hydrogen-bond acceptors (Lipinski definition) is 5. The van der Waals surface area contributed by atoms with Gasteiger partial charge in [0.25, 0.3) is 0 Å². The molecule has 1 saturated heterocycles. The van der Waals surface area contributed by atoms with Crippen LogP contribution in [-0.2, 0) is 11.2 Å². The Balaban J connectivity index is 1.15. The Morgan fingerprint density at radius 3 is 2.80 bits per heavy atom. The molecule has 6 heteroatoms. The van der Waals surface area contributed by atoms with Crippen LogP contribution in [0.5, 0.6) is 5.75 Å². The van der Waals surface area contributed by atoms with Gasteiger partial charge >= 0.3 is 0 Å². The van der Waals surface area contributed by atoms with Crippen LogP contribution in [0.2, 0.25) is 0 Å². The summed E-state index contributed by atoms with van der Waals surface area (Å²) in [4.78, 5) is 21.6. The number of nitrogens with zero attached hydrogens (tertiary/aromatic N) is 3. The molecule has 2 fully saturated rings. The van der Waals surface area contributed by atoms with Crippen molar-refractivity contribution in [3.63, 3.8) is 0 Å². The summed E-state index contributed by atoms with van der Waals surface area (Å²) in [7, 11) is 0. The molecule has 1 saturated carbocycles. The van der Waals surface area contributed by atoms with Crippen LogP contribution in [0.25, 0.3) is 0 Å². The van der Waals surface area contributed by atoms with Crippen molar-refractivity contribution >= 4 is 11.7 Å². The van der Waals surface area contributed by atoms with E-state index >= 15 is 0 Å². The van der Waals surface area contributed by atoms with Gasteiger partial charge in [-0.25, -0.2) is 4.98 Å². The SMILES string of the molecule is C/C=C/CC(=O)NC1CCC(CCN2CCN(c3nccc4c3CCO4)CC2)CC1. The molecule has 0 radical (unpaired) electrons. The zero-order chi connectivity index (χ0) is 20.8. The molecule has 3 aliphatic rings. The molecule has 0 spiro atoms. The number of carbonyl (C=O) groups excluding carboxylic acids is 1. The number of carbonyl (C=O) groups is 1. The molecule has 4 rings (SSSR count). The van der Waals surface area contributed by atoms with Crippen LogP contribution in [-0.4, -0.2) is 61.2 Å². The van der Waals surface area contributed by atoms with Crippen molar-refractivity contribution < 1.29 is 9.53 Å². The molecule has 2 aliphatic heterocycles. The van der Waals surface area contributed by atoms with Gasteiger partial charge in [0.2, 0.25) is 5.91 Å². The van der Waals surface area contributed by atoms with Gasteiger partial charge in [-0.2, -0.15) is 0 Å². The fourth-order valence-corrected chi connectivity index (χ4v) is 5.03. The van der Waals surface area contributed by atoms with Crippen LogP contribution in [0.15, 0.2) is 24.4 Å². The number of allylic oxidation sites excluding steroid dienone is 1. The standard InChI is InChI=1S/C24H36N4O2/c1-2-3-4-23(29)26-20-7-5-19(6-8-20)10-13-27-14-16-28(17-15-27)24-21-11-18-30-22(21)9-12-25-24/h2-3,9,12,19-20H,4-8,10-11,13-18H2,1H3,(H,26,29)/b3-2+. The zero-order valence-electron chi connectivity index (χ0n) is 18.3. The van der Waals surface area contributed by atoms with E-state index in [9.17, 15) is 4.79 Å². The molecule has 0 atom stereocenters. The number of nitrogens with one attached hydrogen (secondary N) is 1. The van der Waals surface area contributed by atoms with E-state index in [0.717, 1.165) is 69.5 Å². The summed E-state index contributed by atoms with van der Waals surface area (Å²) in [6, 6.07) is 2.37. The van der Waals surface area contributed by atoms with Crippen molar-refractivity contribution in [1.29, 1.82) is 0 Å². The normalized spacial score (nSPS) is 24.6. The van der Waals surface area contributed by atoms with Crippen LogP contribution in [0.3, 0.4) is 0 Å². The number of anilines is 1.